The van der Waals surface area contributed by atoms with Crippen molar-refractivity contribution in [3.8, 4) is 11.8 Å². The maximum atomic E-state index is 12.7. The molecule has 0 saturated heterocycles. The SMILES string of the molecule is CO[C@]1(C(=O)Nc2ccc(OC(C)=O)c(C#N)c2)CCC[C@@H](C)C1. The Morgan fingerprint density at radius 3 is 2.75 bits per heavy atom. The van der Waals surface area contributed by atoms with Gasteiger partial charge < -0.3 is 14.8 Å². The summed E-state index contributed by atoms with van der Waals surface area (Å²) in [6.07, 6.45) is 3.38. The van der Waals surface area contributed by atoms with Crippen molar-refractivity contribution in [3.05, 3.63) is 23.8 Å². The van der Waals surface area contributed by atoms with E-state index in [4.69, 9.17) is 9.47 Å². The number of methoxy groups -OCH3 is 1. The van der Waals surface area contributed by atoms with Crippen molar-refractivity contribution in [1.29, 1.82) is 5.26 Å². The molecule has 1 aliphatic rings. The van der Waals surface area contributed by atoms with E-state index in [0.29, 0.717) is 24.4 Å². The lowest BCUT2D eigenvalue weighted by Gasteiger charge is -2.37. The van der Waals surface area contributed by atoms with Gasteiger partial charge in [-0.05, 0) is 43.4 Å². The first-order valence-electron chi connectivity index (χ1n) is 7.99. The van der Waals surface area contributed by atoms with Crippen LogP contribution in [0.4, 0.5) is 5.69 Å². The highest BCUT2D eigenvalue weighted by molar-refractivity contribution is 5.97. The minimum atomic E-state index is -0.834. The Morgan fingerprint density at radius 1 is 1.42 bits per heavy atom. The van der Waals surface area contributed by atoms with Crippen LogP contribution in [0.2, 0.25) is 0 Å². The summed E-state index contributed by atoms with van der Waals surface area (Å²) in [7, 11) is 1.56. The molecule has 0 bridgehead atoms. The fourth-order valence-electron chi connectivity index (χ4n) is 3.17. The zero-order valence-electron chi connectivity index (χ0n) is 14.2. The van der Waals surface area contributed by atoms with Crippen LogP contribution in [-0.2, 0) is 14.3 Å². The maximum absolute atomic E-state index is 12.7. The van der Waals surface area contributed by atoms with Gasteiger partial charge in [-0.2, -0.15) is 5.26 Å². The van der Waals surface area contributed by atoms with Crippen molar-refractivity contribution in [2.24, 2.45) is 5.92 Å². The summed E-state index contributed by atoms with van der Waals surface area (Å²) < 4.78 is 10.5. The predicted octanol–water partition coefficient (Wildman–Crippen LogP) is 3.02. The summed E-state index contributed by atoms with van der Waals surface area (Å²) in [5.41, 5.74) is -0.174. The van der Waals surface area contributed by atoms with Gasteiger partial charge in [0.25, 0.3) is 5.91 Å². The summed E-state index contributed by atoms with van der Waals surface area (Å²) in [6.45, 7) is 3.38. The lowest BCUT2D eigenvalue weighted by Crippen LogP contribution is -2.47. The van der Waals surface area contributed by atoms with Crippen LogP contribution in [0.25, 0.3) is 0 Å². The Labute approximate surface area is 141 Å². The highest BCUT2D eigenvalue weighted by Crippen LogP contribution is 2.36. The maximum Gasteiger partial charge on any atom is 0.308 e. The molecule has 1 amide bonds. The number of carbonyl (C=O) groups excluding carboxylic acids is 2. The monoisotopic (exact) mass is 330 g/mol. The van der Waals surface area contributed by atoms with E-state index in [1.54, 1.807) is 13.2 Å². The third-order valence-corrected chi connectivity index (χ3v) is 4.37. The van der Waals surface area contributed by atoms with Crippen LogP contribution in [-0.4, -0.2) is 24.6 Å². The average Bonchev–Trinajstić information content (AvgIpc) is 2.55. The first-order valence-corrected chi connectivity index (χ1v) is 7.99. The van der Waals surface area contributed by atoms with E-state index < -0.39 is 11.6 Å². The van der Waals surface area contributed by atoms with Gasteiger partial charge in [-0.3, -0.25) is 9.59 Å². The molecule has 2 atom stereocenters. The third kappa shape index (κ3) is 3.92. The summed E-state index contributed by atoms with van der Waals surface area (Å²) in [5.74, 6) is -0.111. The molecular weight excluding hydrogens is 308 g/mol. The number of hydrogen-bond acceptors (Lipinski definition) is 5. The highest BCUT2D eigenvalue weighted by atomic mass is 16.5. The van der Waals surface area contributed by atoms with E-state index in [-0.39, 0.29) is 17.2 Å². The topological polar surface area (TPSA) is 88.4 Å². The number of amides is 1. The lowest BCUT2D eigenvalue weighted by atomic mass is 9.78. The Hall–Kier alpha value is -2.39. The molecule has 0 aliphatic heterocycles. The number of esters is 1. The van der Waals surface area contributed by atoms with Gasteiger partial charge in [0.1, 0.15) is 17.4 Å². The van der Waals surface area contributed by atoms with Gasteiger partial charge in [-0.25, -0.2) is 0 Å². The first kappa shape index (κ1) is 18.0. The molecule has 0 radical (unpaired) electrons. The van der Waals surface area contributed by atoms with Gasteiger partial charge in [-0.1, -0.05) is 13.3 Å². The molecule has 0 unspecified atom stereocenters. The van der Waals surface area contributed by atoms with Crippen molar-refractivity contribution in [3.63, 3.8) is 0 Å². The second-order valence-electron chi connectivity index (χ2n) is 6.27. The minimum absolute atomic E-state index is 0.177. The first-order chi connectivity index (χ1) is 11.4. The van der Waals surface area contributed by atoms with E-state index >= 15 is 0 Å². The molecule has 0 spiro atoms. The fraction of sp³-hybridized carbons (Fsp3) is 0.500. The molecule has 1 aromatic carbocycles. The number of anilines is 1. The zero-order chi connectivity index (χ0) is 17.7. The normalized spacial score (nSPS) is 23.2. The average molecular weight is 330 g/mol. The molecule has 1 aliphatic carbocycles. The Kier molecular flexibility index (Phi) is 5.58. The second kappa shape index (κ2) is 7.45. The van der Waals surface area contributed by atoms with Crippen LogP contribution in [0, 0.1) is 17.2 Å². The van der Waals surface area contributed by atoms with Crippen molar-refractivity contribution in [2.45, 2.75) is 45.1 Å². The predicted molar refractivity (Wildman–Crippen MR) is 88.5 cm³/mol. The Bertz CT molecular complexity index is 680. The van der Waals surface area contributed by atoms with Gasteiger partial charge >= 0.3 is 5.97 Å². The molecular formula is C18H22N2O4. The van der Waals surface area contributed by atoms with Crippen molar-refractivity contribution in [1.82, 2.24) is 0 Å². The van der Waals surface area contributed by atoms with Crippen LogP contribution in [0.1, 0.15) is 45.1 Å². The van der Waals surface area contributed by atoms with E-state index in [1.165, 1.54) is 19.1 Å². The van der Waals surface area contributed by atoms with Crippen LogP contribution >= 0.6 is 0 Å². The summed E-state index contributed by atoms with van der Waals surface area (Å²) in [4.78, 5) is 23.8. The summed E-state index contributed by atoms with van der Waals surface area (Å²) in [5, 5.41) is 12.0. The van der Waals surface area contributed by atoms with Crippen molar-refractivity contribution in [2.75, 3.05) is 12.4 Å². The van der Waals surface area contributed by atoms with Gasteiger partial charge in [0.15, 0.2) is 0 Å². The highest BCUT2D eigenvalue weighted by Gasteiger charge is 2.42. The van der Waals surface area contributed by atoms with Gasteiger partial charge in [0.05, 0.1) is 5.56 Å². The standard InChI is InChI=1S/C18H22N2O4/c1-12-5-4-8-18(10-12,23-3)17(22)20-15-6-7-16(24-13(2)21)14(9-15)11-19/h6-7,9,12H,4-5,8,10H2,1-3H3,(H,20,22)/t12-,18-/m1/s1. The van der Waals surface area contributed by atoms with Crippen LogP contribution in [0.3, 0.4) is 0 Å². The fourth-order valence-corrected chi connectivity index (χ4v) is 3.17. The van der Waals surface area contributed by atoms with E-state index in [2.05, 4.69) is 12.2 Å². The second-order valence-corrected chi connectivity index (χ2v) is 6.27. The van der Waals surface area contributed by atoms with Crippen LogP contribution in [0.5, 0.6) is 5.75 Å². The molecule has 2 rings (SSSR count). The zero-order valence-corrected chi connectivity index (χ0v) is 14.2. The lowest BCUT2D eigenvalue weighted by molar-refractivity contribution is -0.143. The number of nitriles is 1. The molecule has 0 aromatic heterocycles. The molecule has 1 fully saturated rings. The summed E-state index contributed by atoms with van der Waals surface area (Å²) in [6, 6.07) is 6.56. The molecule has 6 heteroatoms. The molecule has 1 N–H and O–H groups in total. The van der Waals surface area contributed by atoms with E-state index in [1.807, 2.05) is 6.07 Å². The number of nitrogens with zero attached hydrogens (tertiary/aromatic N) is 1. The third-order valence-electron chi connectivity index (χ3n) is 4.37. The Balaban J connectivity index is 2.19. The molecule has 24 heavy (non-hydrogen) atoms. The molecule has 1 saturated carbocycles. The molecule has 128 valence electrons. The number of carbonyl (C=O) groups is 2. The van der Waals surface area contributed by atoms with Crippen LogP contribution < -0.4 is 10.1 Å². The number of ether oxygens (including phenoxy) is 2. The summed E-state index contributed by atoms with van der Waals surface area (Å²) >= 11 is 0. The van der Waals surface area contributed by atoms with Gasteiger partial charge in [-0.15, -0.1) is 0 Å². The number of benzene rings is 1. The smallest absolute Gasteiger partial charge is 0.308 e. The number of nitrogens with one attached hydrogen (secondary N) is 1. The Morgan fingerprint density at radius 2 is 2.17 bits per heavy atom. The van der Waals surface area contributed by atoms with Crippen molar-refractivity contribution >= 4 is 17.6 Å². The van der Waals surface area contributed by atoms with Gasteiger partial charge in [0.2, 0.25) is 0 Å². The molecule has 0 heterocycles. The number of hydrogen-bond donors (Lipinski definition) is 1. The van der Waals surface area contributed by atoms with Crippen molar-refractivity contribution < 1.29 is 19.1 Å². The van der Waals surface area contributed by atoms with E-state index in [0.717, 1.165) is 12.8 Å². The quantitative estimate of drug-likeness (QED) is 0.677. The van der Waals surface area contributed by atoms with Gasteiger partial charge in [0, 0.05) is 19.7 Å². The van der Waals surface area contributed by atoms with Crippen LogP contribution in [0.15, 0.2) is 18.2 Å². The largest absolute Gasteiger partial charge is 0.425 e. The number of rotatable bonds is 4. The van der Waals surface area contributed by atoms with E-state index in [9.17, 15) is 14.9 Å². The minimum Gasteiger partial charge on any atom is -0.425 e. The molecule has 1 aromatic rings. The molecule has 6 nitrogen and oxygen atoms in total.